The fourth-order valence-corrected chi connectivity index (χ4v) is 5.46. The van der Waals surface area contributed by atoms with E-state index >= 15 is 0 Å². The van der Waals surface area contributed by atoms with Gasteiger partial charge in [-0.2, -0.15) is 13.2 Å². The van der Waals surface area contributed by atoms with E-state index in [1.165, 1.54) is 23.9 Å². The third kappa shape index (κ3) is 6.22. The number of rotatable bonds is 5. The van der Waals surface area contributed by atoms with Gasteiger partial charge < -0.3 is 15.0 Å². The number of benzene rings is 1. The van der Waals surface area contributed by atoms with E-state index < -0.39 is 22.5 Å². The molecule has 2 aliphatic rings. The Morgan fingerprint density at radius 1 is 1.27 bits per heavy atom. The second-order valence-electron chi connectivity index (χ2n) is 9.05. The lowest BCUT2D eigenvalue weighted by Crippen LogP contribution is -2.42. The second-order valence-corrected chi connectivity index (χ2v) is 10.5. The summed E-state index contributed by atoms with van der Waals surface area (Å²) in [5.41, 5.74) is -0.650. The summed E-state index contributed by atoms with van der Waals surface area (Å²) in [6.45, 7) is 8.19. The number of ether oxygens (including phenoxy) is 1. The number of carbonyl (C=O) groups excluding carboxylic acids is 2. The number of amides is 2. The van der Waals surface area contributed by atoms with Gasteiger partial charge in [-0.05, 0) is 64.5 Å². The molecule has 2 aliphatic heterocycles. The average Bonchev–Trinajstić information content (AvgIpc) is 3.00. The minimum Gasteiger partial charge on any atom is -0.447 e. The number of carbonyl (C=O) groups is 2. The maximum absolute atomic E-state index is 13.4. The predicted molar refractivity (Wildman–Crippen MR) is 122 cm³/mol. The number of thioether (sulfide) groups is 1. The normalized spacial score (nSPS) is 24.3. The number of aliphatic imine (C=N–C) groups is 1. The topological polar surface area (TPSA) is 71.0 Å². The third-order valence-corrected chi connectivity index (χ3v) is 7.14. The first-order valence-corrected chi connectivity index (χ1v) is 11.9. The number of alkyl halides is 3. The van der Waals surface area contributed by atoms with Crippen molar-refractivity contribution in [1.29, 1.82) is 0 Å². The average molecular weight is 486 g/mol. The van der Waals surface area contributed by atoms with Crippen LogP contribution in [0.15, 0.2) is 29.3 Å². The molecule has 33 heavy (non-hydrogen) atoms. The van der Waals surface area contributed by atoms with Crippen LogP contribution >= 0.6 is 11.8 Å². The van der Waals surface area contributed by atoms with Gasteiger partial charge in [0, 0.05) is 13.1 Å². The van der Waals surface area contributed by atoms with Crippen molar-refractivity contribution in [1.82, 2.24) is 10.2 Å². The molecule has 1 aromatic rings. The van der Waals surface area contributed by atoms with E-state index in [1.807, 2.05) is 20.8 Å². The minimum atomic E-state index is -4.47. The fourth-order valence-electron chi connectivity index (χ4n) is 4.22. The van der Waals surface area contributed by atoms with Gasteiger partial charge in [0.25, 0.3) is 0 Å². The molecule has 0 aromatic heterocycles. The molecule has 0 spiro atoms. The van der Waals surface area contributed by atoms with Crippen molar-refractivity contribution in [2.45, 2.75) is 70.0 Å². The van der Waals surface area contributed by atoms with Crippen molar-refractivity contribution in [2.24, 2.45) is 10.9 Å². The Balaban J connectivity index is 1.63. The van der Waals surface area contributed by atoms with Crippen molar-refractivity contribution in [2.75, 3.05) is 13.1 Å². The Hall–Kier alpha value is -2.23. The molecule has 2 saturated heterocycles. The molecule has 1 unspecified atom stereocenters. The van der Waals surface area contributed by atoms with Crippen LogP contribution in [-0.2, 0) is 15.7 Å². The van der Waals surface area contributed by atoms with E-state index in [9.17, 15) is 22.8 Å². The number of nitrogens with one attached hydrogen (secondary N) is 1. The summed E-state index contributed by atoms with van der Waals surface area (Å²) in [4.78, 5) is 30.9. The molecule has 2 heterocycles. The number of likely N-dealkylation sites (tertiary alicyclic amines) is 1. The number of hydrogen-bond acceptors (Lipinski definition) is 5. The van der Waals surface area contributed by atoms with Gasteiger partial charge in [-0.1, -0.05) is 30.0 Å². The second kappa shape index (κ2) is 9.95. The maximum atomic E-state index is 13.4. The van der Waals surface area contributed by atoms with Crippen LogP contribution in [0.25, 0.3) is 0 Å². The predicted octanol–water partition coefficient (Wildman–Crippen LogP) is 5.39. The molecule has 0 aliphatic carbocycles. The van der Waals surface area contributed by atoms with Gasteiger partial charge in [0.05, 0.1) is 22.5 Å². The highest BCUT2D eigenvalue weighted by Crippen LogP contribution is 2.41. The Labute approximate surface area is 196 Å². The summed E-state index contributed by atoms with van der Waals surface area (Å²) < 4.78 is 44.5. The van der Waals surface area contributed by atoms with Crippen molar-refractivity contribution < 1.29 is 27.5 Å². The zero-order chi connectivity index (χ0) is 24.4. The van der Waals surface area contributed by atoms with Crippen LogP contribution < -0.4 is 5.32 Å². The monoisotopic (exact) mass is 485 g/mol. The van der Waals surface area contributed by atoms with E-state index in [-0.39, 0.29) is 29.6 Å². The molecule has 3 rings (SSSR count). The molecule has 2 atom stereocenters. The van der Waals surface area contributed by atoms with Crippen LogP contribution in [0.4, 0.5) is 18.0 Å². The lowest BCUT2D eigenvalue weighted by atomic mass is 9.87. The Morgan fingerprint density at radius 2 is 1.91 bits per heavy atom. The van der Waals surface area contributed by atoms with E-state index in [0.29, 0.717) is 24.7 Å². The van der Waals surface area contributed by atoms with Gasteiger partial charge in [-0.25, -0.2) is 4.79 Å². The van der Waals surface area contributed by atoms with Gasteiger partial charge in [0.2, 0.25) is 5.91 Å². The molecule has 6 nitrogen and oxygen atoms in total. The van der Waals surface area contributed by atoms with E-state index in [1.54, 1.807) is 17.9 Å². The van der Waals surface area contributed by atoms with Gasteiger partial charge in [0.1, 0.15) is 0 Å². The number of amidine groups is 1. The molecule has 0 radical (unpaired) electrons. The third-order valence-electron chi connectivity index (χ3n) is 5.94. The van der Waals surface area contributed by atoms with Gasteiger partial charge >= 0.3 is 12.3 Å². The number of halogens is 3. The highest BCUT2D eigenvalue weighted by atomic mass is 32.2. The number of piperidine rings is 1. The molecule has 2 fully saturated rings. The maximum Gasteiger partial charge on any atom is 0.416 e. The molecule has 10 heteroatoms. The first-order chi connectivity index (χ1) is 15.4. The van der Waals surface area contributed by atoms with Crippen LogP contribution in [0.2, 0.25) is 0 Å². The van der Waals surface area contributed by atoms with Gasteiger partial charge in [-0.15, -0.1) is 0 Å². The summed E-state index contributed by atoms with van der Waals surface area (Å²) in [5, 5.41) is 3.09. The minimum absolute atomic E-state index is 0.0709. The SMILES string of the molecule is CC(C)OC(=O)N1CCC(CC2(C)SC(=N[C@@H](C)c3ccccc3C(F)(F)F)NC2=O)CC1. The van der Waals surface area contributed by atoms with Crippen LogP contribution in [0.3, 0.4) is 0 Å². The molecule has 2 amide bonds. The van der Waals surface area contributed by atoms with E-state index in [2.05, 4.69) is 10.3 Å². The summed E-state index contributed by atoms with van der Waals surface area (Å²) in [5.74, 6) is 0.0586. The Morgan fingerprint density at radius 3 is 2.52 bits per heavy atom. The fraction of sp³-hybridized carbons (Fsp3) is 0.609. The number of hydrogen-bond donors (Lipinski definition) is 1. The van der Waals surface area contributed by atoms with Crippen LogP contribution in [-0.4, -0.2) is 46.0 Å². The van der Waals surface area contributed by atoms with E-state index in [0.717, 1.165) is 18.9 Å². The molecular weight excluding hydrogens is 455 g/mol. The lowest BCUT2D eigenvalue weighted by Gasteiger charge is -2.34. The smallest absolute Gasteiger partial charge is 0.416 e. The molecule has 0 saturated carbocycles. The lowest BCUT2D eigenvalue weighted by molar-refractivity contribution is -0.138. The van der Waals surface area contributed by atoms with E-state index in [4.69, 9.17) is 4.74 Å². The summed E-state index contributed by atoms with van der Waals surface area (Å²) in [7, 11) is 0. The van der Waals surface area contributed by atoms with Crippen LogP contribution in [0.5, 0.6) is 0 Å². The Kier molecular flexibility index (Phi) is 7.65. The zero-order valence-electron chi connectivity index (χ0n) is 19.2. The number of nitrogens with zero attached hydrogens (tertiary/aromatic N) is 2. The van der Waals surface area contributed by atoms with Crippen molar-refractivity contribution in [3.05, 3.63) is 35.4 Å². The van der Waals surface area contributed by atoms with Crippen LogP contribution in [0.1, 0.15) is 64.1 Å². The standard InChI is InChI=1S/C23H30F3N3O3S/c1-14(2)32-21(31)29-11-9-16(10-12-29)13-22(4)19(30)28-20(33-22)27-15(3)17-7-5-6-8-18(17)23(24,25)26/h5-8,14-16H,9-13H2,1-4H3,(H,27,28,30)/t15-,22?/m0/s1. The summed E-state index contributed by atoms with van der Waals surface area (Å²) >= 11 is 1.27. The molecule has 182 valence electrons. The molecule has 0 bridgehead atoms. The van der Waals surface area contributed by atoms with Crippen LogP contribution in [0, 0.1) is 5.92 Å². The summed E-state index contributed by atoms with van der Waals surface area (Å²) in [6.07, 6.45) is -2.83. The highest BCUT2D eigenvalue weighted by molar-refractivity contribution is 8.16. The highest BCUT2D eigenvalue weighted by Gasteiger charge is 2.45. The van der Waals surface area contributed by atoms with Crippen molar-refractivity contribution in [3.8, 4) is 0 Å². The van der Waals surface area contributed by atoms with Crippen molar-refractivity contribution in [3.63, 3.8) is 0 Å². The first kappa shape index (κ1) is 25.4. The molecule has 1 aromatic carbocycles. The van der Waals surface area contributed by atoms with Gasteiger partial charge in [-0.3, -0.25) is 9.79 Å². The van der Waals surface area contributed by atoms with Gasteiger partial charge in [0.15, 0.2) is 5.17 Å². The largest absolute Gasteiger partial charge is 0.447 e. The quantitative estimate of drug-likeness (QED) is 0.607. The summed E-state index contributed by atoms with van der Waals surface area (Å²) in [6, 6.07) is 4.59. The molecule has 1 N–H and O–H groups in total. The Bertz CT molecular complexity index is 914. The molecular formula is C23H30F3N3O3S. The zero-order valence-corrected chi connectivity index (χ0v) is 20.1. The first-order valence-electron chi connectivity index (χ1n) is 11.1. The van der Waals surface area contributed by atoms with Crippen molar-refractivity contribution >= 4 is 28.9 Å².